The van der Waals surface area contributed by atoms with Crippen LogP contribution in [-0.2, 0) is 24.8 Å². The highest BCUT2D eigenvalue weighted by Gasteiger charge is 2.25. The number of hydrogen-bond acceptors (Lipinski definition) is 6. The molecule has 36 heavy (non-hydrogen) atoms. The first-order chi connectivity index (χ1) is 17.2. The average Bonchev–Trinajstić information content (AvgIpc) is 3.43. The minimum absolute atomic E-state index is 0.230. The van der Waals surface area contributed by atoms with Crippen molar-refractivity contribution in [1.82, 2.24) is 34.5 Å². The molecule has 188 valence electrons. The van der Waals surface area contributed by atoms with E-state index in [0.717, 1.165) is 53.3 Å². The quantitative estimate of drug-likeness (QED) is 0.457. The van der Waals surface area contributed by atoms with E-state index in [2.05, 4.69) is 44.2 Å². The van der Waals surface area contributed by atoms with Gasteiger partial charge in [0.15, 0.2) is 0 Å². The summed E-state index contributed by atoms with van der Waals surface area (Å²) in [5.74, 6) is 0.893. The Kier molecular flexibility index (Phi) is 6.49. The van der Waals surface area contributed by atoms with Gasteiger partial charge in [-0.1, -0.05) is 6.07 Å². The third-order valence-corrected chi connectivity index (χ3v) is 6.23. The molecule has 1 aliphatic rings. The van der Waals surface area contributed by atoms with Crippen LogP contribution in [0, 0.1) is 0 Å². The highest BCUT2D eigenvalue weighted by Crippen LogP contribution is 2.23. The van der Waals surface area contributed by atoms with Crippen LogP contribution in [0.25, 0.3) is 22.2 Å². The first-order valence-corrected chi connectivity index (χ1v) is 12.3. The minimum Gasteiger partial charge on any atom is -0.444 e. The third kappa shape index (κ3) is 5.73. The lowest BCUT2D eigenvalue weighted by molar-refractivity contribution is 0.0139. The summed E-state index contributed by atoms with van der Waals surface area (Å²) in [5, 5.41) is 4.26. The van der Waals surface area contributed by atoms with Gasteiger partial charge in [0, 0.05) is 69.8 Å². The van der Waals surface area contributed by atoms with E-state index in [1.807, 2.05) is 52.5 Å². The van der Waals surface area contributed by atoms with Gasteiger partial charge >= 0.3 is 6.09 Å². The Morgan fingerprint density at radius 1 is 1.08 bits per heavy atom. The van der Waals surface area contributed by atoms with Crippen molar-refractivity contribution in [2.75, 3.05) is 26.2 Å². The van der Waals surface area contributed by atoms with Crippen LogP contribution in [0.3, 0.4) is 0 Å². The number of aryl methyl sites for hydroxylation is 1. The molecule has 0 spiro atoms. The van der Waals surface area contributed by atoms with Gasteiger partial charge in [0.2, 0.25) is 0 Å². The number of fused-ring (bicyclic) bond motifs is 1. The monoisotopic (exact) mass is 487 g/mol. The van der Waals surface area contributed by atoms with E-state index in [9.17, 15) is 4.79 Å². The zero-order valence-corrected chi connectivity index (χ0v) is 21.4. The summed E-state index contributed by atoms with van der Waals surface area (Å²) in [6.07, 6.45) is 6.14. The number of H-pyrrole nitrogens is 1. The second-order valence-corrected chi connectivity index (χ2v) is 10.4. The highest BCUT2D eigenvalue weighted by atomic mass is 16.6. The van der Waals surface area contributed by atoms with E-state index in [0.29, 0.717) is 19.5 Å². The number of pyridine rings is 1. The third-order valence-electron chi connectivity index (χ3n) is 6.23. The maximum absolute atomic E-state index is 12.3. The molecule has 0 unspecified atom stereocenters. The Morgan fingerprint density at radius 3 is 2.61 bits per heavy atom. The van der Waals surface area contributed by atoms with Crippen molar-refractivity contribution in [2.24, 2.45) is 7.05 Å². The van der Waals surface area contributed by atoms with Gasteiger partial charge in [0.25, 0.3) is 0 Å². The molecule has 4 heterocycles. The van der Waals surface area contributed by atoms with Crippen LogP contribution in [0.15, 0.2) is 48.9 Å². The molecule has 0 bridgehead atoms. The molecule has 1 amide bonds. The van der Waals surface area contributed by atoms with Gasteiger partial charge in [-0.25, -0.2) is 9.78 Å². The lowest BCUT2D eigenvalue weighted by Gasteiger charge is -2.35. The van der Waals surface area contributed by atoms with Crippen LogP contribution in [0.5, 0.6) is 0 Å². The molecule has 1 aromatic carbocycles. The van der Waals surface area contributed by atoms with Crippen molar-refractivity contribution in [3.63, 3.8) is 0 Å². The number of amides is 1. The summed E-state index contributed by atoms with van der Waals surface area (Å²) in [5.41, 5.74) is 5.85. The second kappa shape index (κ2) is 9.73. The predicted molar refractivity (Wildman–Crippen MR) is 138 cm³/mol. The summed E-state index contributed by atoms with van der Waals surface area (Å²) in [7, 11) is 1.92. The number of carbonyl (C=O) groups excluding carboxylic acids is 1. The summed E-state index contributed by atoms with van der Waals surface area (Å²) in [6, 6.07) is 10.4. The number of nitrogens with one attached hydrogen (secondary N) is 1. The van der Waals surface area contributed by atoms with Crippen LogP contribution in [-0.4, -0.2) is 72.4 Å². The number of rotatable bonds is 5. The van der Waals surface area contributed by atoms with E-state index >= 15 is 0 Å². The van der Waals surface area contributed by atoms with E-state index in [4.69, 9.17) is 9.72 Å². The summed E-state index contributed by atoms with van der Waals surface area (Å²) >= 11 is 0. The highest BCUT2D eigenvalue weighted by molar-refractivity contribution is 5.81. The Morgan fingerprint density at radius 2 is 1.89 bits per heavy atom. The Labute approximate surface area is 211 Å². The molecule has 1 aliphatic heterocycles. The van der Waals surface area contributed by atoms with Gasteiger partial charge in [0.1, 0.15) is 11.4 Å². The first-order valence-electron chi connectivity index (χ1n) is 12.3. The number of ether oxygens (including phenoxy) is 1. The second-order valence-electron chi connectivity index (χ2n) is 10.4. The molecule has 9 nitrogen and oxygen atoms in total. The molecule has 0 radical (unpaired) electrons. The molecule has 0 aliphatic carbocycles. The number of nitrogens with zero attached hydrogens (tertiary/aromatic N) is 6. The molecule has 1 fully saturated rings. The van der Waals surface area contributed by atoms with Gasteiger partial charge < -0.3 is 14.6 Å². The average molecular weight is 488 g/mol. The Balaban J connectivity index is 1.20. The number of piperazine rings is 1. The largest absolute Gasteiger partial charge is 0.444 e. The molecule has 4 aromatic rings. The van der Waals surface area contributed by atoms with Crippen LogP contribution >= 0.6 is 0 Å². The van der Waals surface area contributed by atoms with Gasteiger partial charge in [-0.3, -0.25) is 14.6 Å². The van der Waals surface area contributed by atoms with Crippen molar-refractivity contribution >= 4 is 17.1 Å². The SMILES string of the molecule is Cn1cc(-c2ccc3nc(Cc4cc(CN5CCN(C(=O)OC(C)(C)C)CC5)ccn4)[nH]c3c2)cn1. The standard InChI is InChI=1S/C27H33N7O2/c1-27(2,3)36-26(35)34-11-9-33(10-12-34)17-19-7-8-28-22(13-19)15-25-30-23-6-5-20(14-24(23)31-25)21-16-29-32(4)18-21/h5-8,13-14,16,18H,9-12,15,17H2,1-4H3,(H,30,31). The summed E-state index contributed by atoms with van der Waals surface area (Å²) < 4.78 is 7.31. The van der Waals surface area contributed by atoms with Crippen LogP contribution in [0.2, 0.25) is 0 Å². The number of benzene rings is 1. The van der Waals surface area contributed by atoms with Crippen molar-refractivity contribution in [2.45, 2.75) is 39.3 Å². The molecule has 0 atom stereocenters. The Bertz CT molecular complexity index is 1360. The molecule has 0 saturated carbocycles. The van der Waals surface area contributed by atoms with E-state index < -0.39 is 5.60 Å². The van der Waals surface area contributed by atoms with E-state index in [1.54, 1.807) is 9.58 Å². The van der Waals surface area contributed by atoms with Gasteiger partial charge in [0.05, 0.1) is 17.2 Å². The van der Waals surface area contributed by atoms with Gasteiger partial charge in [-0.2, -0.15) is 5.10 Å². The molecule has 5 rings (SSSR count). The number of hydrogen-bond donors (Lipinski definition) is 1. The number of aromatic amines is 1. The van der Waals surface area contributed by atoms with E-state index in [-0.39, 0.29) is 6.09 Å². The summed E-state index contributed by atoms with van der Waals surface area (Å²) in [4.78, 5) is 29.3. The lowest BCUT2D eigenvalue weighted by Crippen LogP contribution is -2.49. The fraction of sp³-hybridized carbons (Fsp3) is 0.407. The molecule has 3 aromatic heterocycles. The fourth-order valence-corrected chi connectivity index (χ4v) is 4.46. The van der Waals surface area contributed by atoms with Crippen molar-refractivity contribution < 1.29 is 9.53 Å². The van der Waals surface area contributed by atoms with E-state index in [1.165, 1.54) is 5.56 Å². The number of aromatic nitrogens is 5. The Hall–Kier alpha value is -3.72. The lowest BCUT2D eigenvalue weighted by atomic mass is 10.1. The van der Waals surface area contributed by atoms with Crippen LogP contribution in [0.4, 0.5) is 4.79 Å². The topological polar surface area (TPSA) is 92.2 Å². The van der Waals surface area contributed by atoms with Crippen LogP contribution in [0.1, 0.15) is 37.9 Å². The van der Waals surface area contributed by atoms with Gasteiger partial charge in [-0.15, -0.1) is 0 Å². The number of carbonyl (C=O) groups is 1. The van der Waals surface area contributed by atoms with Crippen molar-refractivity contribution in [1.29, 1.82) is 0 Å². The molecular weight excluding hydrogens is 454 g/mol. The van der Waals surface area contributed by atoms with Crippen molar-refractivity contribution in [3.05, 3.63) is 66.0 Å². The maximum atomic E-state index is 12.3. The van der Waals surface area contributed by atoms with Crippen LogP contribution < -0.4 is 0 Å². The molecular formula is C27H33N7O2. The first kappa shape index (κ1) is 24.0. The summed E-state index contributed by atoms with van der Waals surface area (Å²) in [6.45, 7) is 9.50. The zero-order valence-electron chi connectivity index (χ0n) is 21.4. The normalized spacial score (nSPS) is 14.9. The minimum atomic E-state index is -0.469. The molecule has 1 saturated heterocycles. The predicted octanol–water partition coefficient (Wildman–Crippen LogP) is 4.00. The van der Waals surface area contributed by atoms with Crippen molar-refractivity contribution in [3.8, 4) is 11.1 Å². The zero-order chi connectivity index (χ0) is 25.3. The van der Waals surface area contributed by atoms with Gasteiger partial charge in [-0.05, 0) is 56.2 Å². The fourth-order valence-electron chi connectivity index (χ4n) is 4.46. The maximum Gasteiger partial charge on any atom is 0.410 e. The smallest absolute Gasteiger partial charge is 0.410 e. The molecule has 9 heteroatoms. The molecule has 1 N–H and O–H groups in total. The number of imidazole rings is 1.